The summed E-state index contributed by atoms with van der Waals surface area (Å²) in [5, 5.41) is 1.72. The molecule has 106 valence electrons. The summed E-state index contributed by atoms with van der Waals surface area (Å²) in [5.41, 5.74) is 0.904. The summed E-state index contributed by atoms with van der Waals surface area (Å²) in [6.45, 7) is 7.22. The lowest BCUT2D eigenvalue weighted by Crippen LogP contribution is -2.08. The molecule has 0 N–H and O–H groups in total. The largest absolute Gasteiger partial charge is 0.491 e. The lowest BCUT2D eigenvalue weighted by molar-refractivity contribution is -0.132. The molecule has 0 aliphatic heterocycles. The van der Waals surface area contributed by atoms with Gasteiger partial charge in [0.15, 0.2) is 0 Å². The minimum Gasteiger partial charge on any atom is -0.491 e. The molecule has 0 aliphatic rings. The number of carbonyl (C=O) groups is 1. The van der Waals surface area contributed by atoms with Crippen molar-refractivity contribution in [2.45, 2.75) is 33.8 Å². The molecule has 0 saturated heterocycles. The van der Waals surface area contributed by atoms with Crippen LogP contribution in [0.1, 0.15) is 26.3 Å². The first-order valence-electron chi connectivity index (χ1n) is 6.33. The van der Waals surface area contributed by atoms with Crippen molar-refractivity contribution < 1.29 is 14.3 Å². The lowest BCUT2D eigenvalue weighted by Gasteiger charge is -2.16. The van der Waals surface area contributed by atoms with Gasteiger partial charge in [0.25, 0.3) is 0 Å². The van der Waals surface area contributed by atoms with Gasteiger partial charge < -0.3 is 9.47 Å². The van der Waals surface area contributed by atoms with E-state index in [1.165, 1.54) is 6.92 Å². The van der Waals surface area contributed by atoms with Crippen molar-refractivity contribution >= 4 is 32.7 Å². The second-order valence-corrected chi connectivity index (χ2v) is 5.63. The first-order valence-corrected chi connectivity index (χ1v) is 7.12. The van der Waals surface area contributed by atoms with E-state index >= 15 is 0 Å². The van der Waals surface area contributed by atoms with Crippen molar-refractivity contribution in [2.75, 3.05) is 0 Å². The van der Waals surface area contributed by atoms with Crippen molar-refractivity contribution in [3.8, 4) is 11.6 Å². The van der Waals surface area contributed by atoms with E-state index in [2.05, 4.69) is 20.9 Å². The number of benzene rings is 1. The van der Waals surface area contributed by atoms with Crippen molar-refractivity contribution in [2.24, 2.45) is 0 Å². The molecule has 1 aromatic heterocycles. The molecular formula is C15H16BrNO3. The maximum absolute atomic E-state index is 11.2. The quantitative estimate of drug-likeness (QED) is 0.793. The normalized spacial score (nSPS) is 10.9. The number of hydrogen-bond donors (Lipinski definition) is 0. The van der Waals surface area contributed by atoms with E-state index in [9.17, 15) is 4.79 Å². The van der Waals surface area contributed by atoms with E-state index in [1.54, 1.807) is 6.20 Å². The number of pyridine rings is 1. The van der Waals surface area contributed by atoms with Gasteiger partial charge in [0.2, 0.25) is 5.88 Å². The molecule has 1 aromatic carbocycles. The predicted molar refractivity (Wildman–Crippen MR) is 81.3 cm³/mol. The van der Waals surface area contributed by atoms with Crippen LogP contribution in [0.15, 0.2) is 22.8 Å². The fraction of sp³-hybridized carbons (Fsp3) is 0.333. The minimum absolute atomic E-state index is 0.0619. The molecule has 0 atom stereocenters. The van der Waals surface area contributed by atoms with Crippen LogP contribution < -0.4 is 9.47 Å². The van der Waals surface area contributed by atoms with Gasteiger partial charge in [0.1, 0.15) is 5.75 Å². The minimum atomic E-state index is -0.393. The molecule has 2 aromatic rings. The fourth-order valence-corrected chi connectivity index (χ4v) is 2.56. The Morgan fingerprint density at radius 3 is 2.70 bits per heavy atom. The van der Waals surface area contributed by atoms with Gasteiger partial charge in [-0.25, -0.2) is 4.98 Å². The zero-order valence-electron chi connectivity index (χ0n) is 11.9. The molecule has 0 radical (unpaired) electrons. The molecule has 1 heterocycles. The monoisotopic (exact) mass is 337 g/mol. The third-order valence-corrected chi connectivity index (χ3v) is 3.44. The number of fused-ring (bicyclic) bond motifs is 1. The average molecular weight is 338 g/mol. The Labute approximate surface area is 126 Å². The summed E-state index contributed by atoms with van der Waals surface area (Å²) in [7, 11) is 0. The molecule has 5 heteroatoms. The van der Waals surface area contributed by atoms with E-state index in [0.717, 1.165) is 26.6 Å². The number of aryl methyl sites for hydroxylation is 1. The van der Waals surface area contributed by atoms with Crippen molar-refractivity contribution in [1.29, 1.82) is 0 Å². The number of ether oxygens (including phenoxy) is 2. The Bertz CT molecular complexity index is 668. The van der Waals surface area contributed by atoms with E-state index < -0.39 is 5.97 Å². The van der Waals surface area contributed by atoms with Gasteiger partial charge in [-0.1, -0.05) is 15.9 Å². The van der Waals surface area contributed by atoms with E-state index in [1.807, 2.05) is 32.9 Å². The van der Waals surface area contributed by atoms with Crippen LogP contribution in [-0.2, 0) is 4.79 Å². The average Bonchev–Trinajstić information content (AvgIpc) is 2.34. The van der Waals surface area contributed by atoms with Crippen molar-refractivity contribution in [3.63, 3.8) is 0 Å². The van der Waals surface area contributed by atoms with Gasteiger partial charge >= 0.3 is 5.97 Å². The van der Waals surface area contributed by atoms with Crippen molar-refractivity contribution in [1.82, 2.24) is 4.98 Å². The first-order chi connectivity index (χ1) is 9.40. The van der Waals surface area contributed by atoms with Crippen LogP contribution in [0.25, 0.3) is 10.8 Å². The van der Waals surface area contributed by atoms with Gasteiger partial charge in [-0.2, -0.15) is 0 Å². The molecule has 0 fully saturated rings. The highest BCUT2D eigenvalue weighted by Crippen LogP contribution is 2.38. The molecule has 0 unspecified atom stereocenters. The second kappa shape index (κ2) is 5.79. The maximum atomic E-state index is 11.2. The highest BCUT2D eigenvalue weighted by atomic mass is 79.9. The summed E-state index contributed by atoms with van der Waals surface area (Å²) in [6, 6.07) is 3.80. The van der Waals surface area contributed by atoms with Crippen LogP contribution in [0.2, 0.25) is 0 Å². The van der Waals surface area contributed by atoms with E-state index in [4.69, 9.17) is 9.47 Å². The van der Waals surface area contributed by atoms with Gasteiger partial charge in [-0.05, 0) is 32.9 Å². The molecule has 0 saturated carbocycles. The second-order valence-electron chi connectivity index (χ2n) is 4.78. The van der Waals surface area contributed by atoms with E-state index in [0.29, 0.717) is 5.88 Å². The summed E-state index contributed by atoms with van der Waals surface area (Å²) in [4.78, 5) is 15.4. The number of rotatable bonds is 3. The summed E-state index contributed by atoms with van der Waals surface area (Å²) < 4.78 is 11.9. The standard InChI is InChI=1S/C15H16BrNO3/c1-8(2)19-13-7-12(16)11-5-6-17-15(20-10(4)18)14(11)9(13)3/h5-8H,1-4H3. The Kier molecular flexibility index (Phi) is 4.28. The van der Waals surface area contributed by atoms with Gasteiger partial charge in [0, 0.05) is 28.5 Å². The topological polar surface area (TPSA) is 48.4 Å². The number of aromatic nitrogens is 1. The third kappa shape index (κ3) is 2.93. The number of carbonyl (C=O) groups excluding carboxylic acids is 1. The Morgan fingerprint density at radius 1 is 1.40 bits per heavy atom. The zero-order chi connectivity index (χ0) is 14.9. The first kappa shape index (κ1) is 14.8. The van der Waals surface area contributed by atoms with Gasteiger partial charge in [-0.3, -0.25) is 4.79 Å². The maximum Gasteiger partial charge on any atom is 0.309 e. The lowest BCUT2D eigenvalue weighted by atomic mass is 10.1. The van der Waals surface area contributed by atoms with Gasteiger partial charge in [0.05, 0.1) is 11.5 Å². The Balaban J connectivity index is 2.71. The zero-order valence-corrected chi connectivity index (χ0v) is 13.4. The van der Waals surface area contributed by atoms with Crippen LogP contribution in [0.3, 0.4) is 0 Å². The Hall–Kier alpha value is -1.62. The molecule has 2 rings (SSSR count). The van der Waals surface area contributed by atoms with Gasteiger partial charge in [-0.15, -0.1) is 0 Å². The van der Waals surface area contributed by atoms with Crippen LogP contribution in [0, 0.1) is 6.92 Å². The van der Waals surface area contributed by atoms with E-state index in [-0.39, 0.29) is 6.10 Å². The number of halogens is 1. The summed E-state index contributed by atoms with van der Waals surface area (Å²) >= 11 is 3.52. The molecule has 20 heavy (non-hydrogen) atoms. The number of nitrogens with zero attached hydrogens (tertiary/aromatic N) is 1. The highest BCUT2D eigenvalue weighted by molar-refractivity contribution is 9.10. The number of esters is 1. The third-order valence-electron chi connectivity index (χ3n) is 2.78. The molecule has 0 bridgehead atoms. The van der Waals surface area contributed by atoms with Crippen LogP contribution in [0.4, 0.5) is 0 Å². The van der Waals surface area contributed by atoms with Crippen molar-refractivity contribution in [3.05, 3.63) is 28.4 Å². The molecule has 4 nitrogen and oxygen atoms in total. The smallest absolute Gasteiger partial charge is 0.309 e. The Morgan fingerprint density at radius 2 is 2.10 bits per heavy atom. The SMILES string of the molecule is CC(=O)Oc1nccc2c(Br)cc(OC(C)C)c(C)c12. The highest BCUT2D eigenvalue weighted by Gasteiger charge is 2.16. The fourth-order valence-electron chi connectivity index (χ4n) is 2.02. The molecule has 0 amide bonds. The molecule has 0 spiro atoms. The van der Waals surface area contributed by atoms with Crippen LogP contribution in [-0.4, -0.2) is 17.1 Å². The molecule has 0 aliphatic carbocycles. The summed E-state index contributed by atoms with van der Waals surface area (Å²) in [5.74, 6) is 0.666. The predicted octanol–water partition coefficient (Wildman–Crippen LogP) is 4.02. The summed E-state index contributed by atoms with van der Waals surface area (Å²) in [6.07, 6.45) is 1.68. The number of hydrogen-bond acceptors (Lipinski definition) is 4. The van der Waals surface area contributed by atoms with Crippen LogP contribution in [0.5, 0.6) is 11.6 Å². The molecular weight excluding hydrogens is 322 g/mol. The van der Waals surface area contributed by atoms with Crippen LogP contribution >= 0.6 is 15.9 Å².